The molecule has 2 heterocycles. The number of piperazine rings is 1. The Morgan fingerprint density at radius 3 is 2.38 bits per heavy atom. The van der Waals surface area contributed by atoms with E-state index in [1.165, 1.54) is 23.5 Å². The summed E-state index contributed by atoms with van der Waals surface area (Å²) in [6.45, 7) is 3.78. The topological polar surface area (TPSA) is 53.5 Å². The lowest BCUT2D eigenvalue weighted by atomic mass is 10.2. The summed E-state index contributed by atoms with van der Waals surface area (Å²) in [6.07, 6.45) is 2.18. The van der Waals surface area contributed by atoms with Gasteiger partial charge < -0.3 is 9.80 Å². The lowest BCUT2D eigenvalue weighted by Gasteiger charge is -2.33. The van der Waals surface area contributed by atoms with Gasteiger partial charge in [-0.15, -0.1) is 11.3 Å². The summed E-state index contributed by atoms with van der Waals surface area (Å²) >= 11 is 1.36. The molecule has 1 saturated heterocycles. The minimum atomic E-state index is -0.265. The number of hydrogen-bond acceptors (Lipinski definition) is 4. The Morgan fingerprint density at radius 2 is 1.75 bits per heavy atom. The minimum absolute atomic E-state index is 0.0407. The van der Waals surface area contributed by atoms with Gasteiger partial charge in [-0.3, -0.25) is 9.59 Å². The van der Waals surface area contributed by atoms with Crippen molar-refractivity contribution in [3.05, 3.63) is 51.7 Å². The van der Waals surface area contributed by atoms with Crippen molar-refractivity contribution in [3.63, 3.8) is 0 Å². The molecule has 1 fully saturated rings. The second-order valence-corrected chi connectivity index (χ2v) is 6.83. The van der Waals surface area contributed by atoms with Crippen molar-refractivity contribution < 1.29 is 14.0 Å². The second-order valence-electron chi connectivity index (χ2n) is 5.72. The van der Waals surface area contributed by atoms with Crippen molar-refractivity contribution in [2.45, 2.75) is 13.3 Å². The van der Waals surface area contributed by atoms with Crippen LogP contribution in [-0.2, 0) is 11.2 Å². The van der Waals surface area contributed by atoms with Crippen LogP contribution in [0.4, 0.5) is 4.39 Å². The molecule has 0 spiro atoms. The van der Waals surface area contributed by atoms with E-state index in [1.54, 1.807) is 35.1 Å². The molecule has 2 aromatic rings. The van der Waals surface area contributed by atoms with Crippen LogP contribution < -0.4 is 0 Å². The van der Waals surface area contributed by atoms with Crippen LogP contribution in [-0.4, -0.2) is 52.8 Å². The average molecular weight is 347 g/mol. The van der Waals surface area contributed by atoms with Crippen LogP contribution in [0.25, 0.3) is 0 Å². The summed E-state index contributed by atoms with van der Waals surface area (Å²) in [6, 6.07) is 6.28. The number of hydrogen-bond donors (Lipinski definition) is 0. The Morgan fingerprint density at radius 1 is 1.12 bits per heavy atom. The summed E-state index contributed by atoms with van der Waals surface area (Å²) in [5, 5.41) is 0.826. The molecule has 0 atom stereocenters. The van der Waals surface area contributed by atoms with E-state index >= 15 is 0 Å². The van der Waals surface area contributed by atoms with E-state index in [0.29, 0.717) is 37.5 Å². The summed E-state index contributed by atoms with van der Waals surface area (Å²) < 4.78 is 12.9. The molecule has 0 saturated carbocycles. The fraction of sp³-hybridized carbons (Fsp3) is 0.353. The van der Waals surface area contributed by atoms with Gasteiger partial charge in [0.1, 0.15) is 10.7 Å². The van der Waals surface area contributed by atoms with Gasteiger partial charge in [0, 0.05) is 39.5 Å². The first-order valence-corrected chi connectivity index (χ1v) is 8.58. The number of benzene rings is 1. The van der Waals surface area contributed by atoms with E-state index in [2.05, 4.69) is 4.98 Å². The van der Waals surface area contributed by atoms with E-state index in [0.717, 1.165) is 10.6 Å². The molecule has 0 aliphatic carbocycles. The van der Waals surface area contributed by atoms with Crippen LogP contribution in [0.15, 0.2) is 30.5 Å². The monoisotopic (exact) mass is 347 g/mol. The molecule has 3 rings (SSSR count). The number of thiazole rings is 1. The van der Waals surface area contributed by atoms with E-state index < -0.39 is 0 Å². The Bertz CT molecular complexity index is 737. The summed E-state index contributed by atoms with van der Waals surface area (Å²) in [5.41, 5.74) is 0.958. The fourth-order valence-corrected chi connectivity index (χ4v) is 3.57. The SMILES string of the molecule is CC(=O)N1CCN(C(=O)c2cnc(Cc3ccc(F)cc3)s2)CC1. The molecule has 24 heavy (non-hydrogen) atoms. The largest absolute Gasteiger partial charge is 0.339 e. The Balaban J connectivity index is 1.62. The zero-order chi connectivity index (χ0) is 17.1. The third-order valence-electron chi connectivity index (χ3n) is 4.05. The van der Waals surface area contributed by atoms with E-state index in [4.69, 9.17) is 0 Å². The van der Waals surface area contributed by atoms with Gasteiger partial charge in [0.2, 0.25) is 5.91 Å². The molecule has 126 valence electrons. The number of carbonyl (C=O) groups excluding carboxylic acids is 2. The first-order chi connectivity index (χ1) is 11.5. The highest BCUT2D eigenvalue weighted by atomic mass is 32.1. The molecular weight excluding hydrogens is 329 g/mol. The Labute approximate surface area is 143 Å². The van der Waals surface area contributed by atoms with Gasteiger partial charge in [0.25, 0.3) is 5.91 Å². The standard InChI is InChI=1S/C17H18FN3O2S/c1-12(22)20-6-8-21(9-7-20)17(23)15-11-19-16(24-15)10-13-2-4-14(18)5-3-13/h2-5,11H,6-10H2,1H3. The van der Waals surface area contributed by atoms with Crippen molar-refractivity contribution >= 4 is 23.2 Å². The van der Waals surface area contributed by atoms with Crippen LogP contribution >= 0.6 is 11.3 Å². The molecule has 0 bridgehead atoms. The smallest absolute Gasteiger partial charge is 0.265 e. The molecule has 0 N–H and O–H groups in total. The minimum Gasteiger partial charge on any atom is -0.339 e. The van der Waals surface area contributed by atoms with Crippen molar-refractivity contribution in [1.82, 2.24) is 14.8 Å². The first-order valence-electron chi connectivity index (χ1n) is 7.77. The molecule has 1 aromatic carbocycles. The predicted octanol–water partition coefficient (Wildman–Crippen LogP) is 2.18. The molecule has 0 unspecified atom stereocenters. The highest BCUT2D eigenvalue weighted by Gasteiger charge is 2.24. The molecule has 1 aliphatic heterocycles. The van der Waals surface area contributed by atoms with Gasteiger partial charge in [-0.1, -0.05) is 12.1 Å². The van der Waals surface area contributed by atoms with Gasteiger partial charge in [0.05, 0.1) is 11.2 Å². The number of amides is 2. The molecular formula is C17H18FN3O2S. The summed E-state index contributed by atoms with van der Waals surface area (Å²) in [4.78, 5) is 32.3. The predicted molar refractivity (Wildman–Crippen MR) is 89.5 cm³/mol. The molecule has 7 heteroatoms. The maximum atomic E-state index is 12.9. The number of nitrogens with zero attached hydrogens (tertiary/aromatic N) is 3. The number of aromatic nitrogens is 1. The van der Waals surface area contributed by atoms with Gasteiger partial charge >= 0.3 is 0 Å². The van der Waals surface area contributed by atoms with E-state index in [9.17, 15) is 14.0 Å². The number of carbonyl (C=O) groups is 2. The normalized spacial score (nSPS) is 14.8. The number of halogens is 1. The molecule has 1 aliphatic rings. The van der Waals surface area contributed by atoms with Crippen molar-refractivity contribution in [2.75, 3.05) is 26.2 Å². The van der Waals surface area contributed by atoms with Crippen LogP contribution in [0, 0.1) is 5.82 Å². The maximum Gasteiger partial charge on any atom is 0.265 e. The van der Waals surface area contributed by atoms with Crippen LogP contribution in [0.3, 0.4) is 0 Å². The van der Waals surface area contributed by atoms with E-state index in [-0.39, 0.29) is 17.6 Å². The first kappa shape index (κ1) is 16.6. The molecule has 1 aromatic heterocycles. The van der Waals surface area contributed by atoms with Crippen LogP contribution in [0.2, 0.25) is 0 Å². The van der Waals surface area contributed by atoms with Gasteiger partial charge in [-0.2, -0.15) is 0 Å². The third kappa shape index (κ3) is 3.79. The number of rotatable bonds is 3. The molecule has 5 nitrogen and oxygen atoms in total. The highest BCUT2D eigenvalue weighted by Crippen LogP contribution is 2.19. The van der Waals surface area contributed by atoms with Gasteiger partial charge in [-0.05, 0) is 17.7 Å². The fourth-order valence-electron chi connectivity index (χ4n) is 2.65. The third-order valence-corrected chi connectivity index (χ3v) is 5.03. The zero-order valence-electron chi connectivity index (χ0n) is 13.4. The summed E-state index contributed by atoms with van der Waals surface area (Å²) in [7, 11) is 0. The Kier molecular flexibility index (Phi) is 4.89. The van der Waals surface area contributed by atoms with Crippen molar-refractivity contribution in [2.24, 2.45) is 0 Å². The van der Waals surface area contributed by atoms with Gasteiger partial charge in [-0.25, -0.2) is 9.37 Å². The van der Waals surface area contributed by atoms with Crippen molar-refractivity contribution in [3.8, 4) is 0 Å². The Hall–Kier alpha value is -2.28. The van der Waals surface area contributed by atoms with Crippen molar-refractivity contribution in [1.29, 1.82) is 0 Å². The average Bonchev–Trinajstić information content (AvgIpc) is 3.05. The lowest BCUT2D eigenvalue weighted by Crippen LogP contribution is -2.49. The molecule has 0 radical (unpaired) electrons. The van der Waals surface area contributed by atoms with Crippen LogP contribution in [0.1, 0.15) is 27.2 Å². The molecule has 2 amide bonds. The highest BCUT2D eigenvalue weighted by molar-refractivity contribution is 7.13. The lowest BCUT2D eigenvalue weighted by molar-refractivity contribution is -0.130. The second kappa shape index (κ2) is 7.09. The summed E-state index contributed by atoms with van der Waals surface area (Å²) in [5.74, 6) is -0.263. The zero-order valence-corrected chi connectivity index (χ0v) is 14.2. The quantitative estimate of drug-likeness (QED) is 0.855. The van der Waals surface area contributed by atoms with E-state index in [1.807, 2.05) is 0 Å². The van der Waals surface area contributed by atoms with Crippen LogP contribution in [0.5, 0.6) is 0 Å². The van der Waals surface area contributed by atoms with Gasteiger partial charge in [0.15, 0.2) is 0 Å². The maximum absolute atomic E-state index is 12.9.